The molecule has 1 atom stereocenters. The van der Waals surface area contributed by atoms with Crippen LogP contribution >= 0.6 is 23.2 Å². The van der Waals surface area contributed by atoms with Gasteiger partial charge in [0.15, 0.2) is 5.96 Å². The van der Waals surface area contributed by atoms with Crippen molar-refractivity contribution in [2.45, 2.75) is 25.4 Å². The molecule has 5 N–H and O–H groups in total. The summed E-state index contributed by atoms with van der Waals surface area (Å²) in [7, 11) is 0. The number of aliphatic imine (C=N–C) groups is 1. The van der Waals surface area contributed by atoms with Gasteiger partial charge in [0.2, 0.25) is 0 Å². The molecule has 6 nitrogen and oxygen atoms in total. The molecule has 1 aliphatic heterocycles. The molecule has 1 aliphatic rings. The minimum Gasteiger partial charge on any atom is -0.396 e. The van der Waals surface area contributed by atoms with Gasteiger partial charge in [0.05, 0.1) is 15.7 Å². The lowest BCUT2D eigenvalue weighted by atomic mass is 10.2. The van der Waals surface area contributed by atoms with E-state index in [1.165, 1.54) is 0 Å². The smallest absolute Gasteiger partial charge is 0.271 e. The lowest BCUT2D eigenvalue weighted by Crippen LogP contribution is -2.38. The van der Waals surface area contributed by atoms with E-state index in [4.69, 9.17) is 34.7 Å². The summed E-state index contributed by atoms with van der Waals surface area (Å²) in [5.41, 5.74) is 13.7. The molecule has 8 heteroatoms. The third kappa shape index (κ3) is 4.64. The third-order valence-electron chi connectivity index (χ3n) is 4.47. The van der Waals surface area contributed by atoms with Crippen LogP contribution in [0.4, 0.5) is 11.4 Å². The second kappa shape index (κ2) is 8.50. The number of hydrogen-bond acceptors (Lipinski definition) is 3. The molecule has 2 aromatic carbocycles. The fourth-order valence-corrected chi connectivity index (χ4v) is 3.65. The zero-order valence-corrected chi connectivity index (χ0v) is 16.2. The monoisotopic (exact) mass is 405 g/mol. The van der Waals surface area contributed by atoms with Gasteiger partial charge in [-0.15, -0.1) is 0 Å². The molecule has 0 radical (unpaired) electrons. The average molecular weight is 406 g/mol. The highest BCUT2D eigenvalue weighted by molar-refractivity contribution is 6.38. The predicted octanol–water partition coefficient (Wildman–Crippen LogP) is 3.18. The highest BCUT2D eigenvalue weighted by Gasteiger charge is 2.30. The number of para-hydroxylation sites is 1. The van der Waals surface area contributed by atoms with Crippen LogP contribution in [0.5, 0.6) is 0 Å². The van der Waals surface area contributed by atoms with Crippen LogP contribution in [0.25, 0.3) is 0 Å². The summed E-state index contributed by atoms with van der Waals surface area (Å²) in [6.45, 7) is 1.15. The van der Waals surface area contributed by atoms with Gasteiger partial charge < -0.3 is 21.7 Å². The molecule has 0 bridgehead atoms. The van der Waals surface area contributed by atoms with E-state index in [2.05, 4.69) is 15.2 Å². The van der Waals surface area contributed by atoms with Gasteiger partial charge in [0.1, 0.15) is 6.04 Å². The normalized spacial score (nSPS) is 17.2. The number of nitrogens with zero attached hydrogens (tertiary/aromatic N) is 2. The number of anilines is 2. The van der Waals surface area contributed by atoms with Gasteiger partial charge in [0, 0.05) is 18.8 Å². The number of nitrogen functional groups attached to an aromatic ring is 1. The Hall–Kier alpha value is -2.44. The van der Waals surface area contributed by atoms with Gasteiger partial charge >= 0.3 is 0 Å². The zero-order valence-electron chi connectivity index (χ0n) is 14.7. The molecule has 2 aromatic rings. The Morgan fingerprint density at radius 3 is 2.56 bits per heavy atom. The Morgan fingerprint density at radius 2 is 1.89 bits per heavy atom. The van der Waals surface area contributed by atoms with Crippen molar-refractivity contribution in [3.8, 4) is 0 Å². The van der Waals surface area contributed by atoms with Gasteiger partial charge in [-0.2, -0.15) is 4.99 Å². The summed E-state index contributed by atoms with van der Waals surface area (Å²) in [4.78, 5) is 18.7. The Labute approximate surface area is 168 Å². The van der Waals surface area contributed by atoms with Gasteiger partial charge in [0.25, 0.3) is 5.91 Å². The number of hydrogen-bond donors (Lipinski definition) is 3. The Kier molecular flexibility index (Phi) is 6.08. The van der Waals surface area contributed by atoms with Crippen molar-refractivity contribution in [2.24, 2.45) is 10.7 Å². The summed E-state index contributed by atoms with van der Waals surface area (Å²) < 4.78 is 0. The molecule has 0 aromatic heterocycles. The summed E-state index contributed by atoms with van der Waals surface area (Å²) in [5.74, 6) is -0.196. The van der Waals surface area contributed by atoms with Crippen molar-refractivity contribution in [2.75, 3.05) is 17.2 Å². The number of benzene rings is 2. The molecule has 3 rings (SSSR count). The van der Waals surface area contributed by atoms with Crippen molar-refractivity contribution >= 4 is 46.4 Å². The number of carbonyl (C=O) groups excluding carboxylic acids is 1. The van der Waals surface area contributed by atoms with Gasteiger partial charge in [-0.05, 0) is 42.7 Å². The molecule has 1 fully saturated rings. The fourth-order valence-electron chi connectivity index (χ4n) is 3.12. The fraction of sp³-hybridized carbons (Fsp3) is 0.263. The van der Waals surface area contributed by atoms with Gasteiger partial charge in [-0.3, -0.25) is 4.79 Å². The van der Waals surface area contributed by atoms with Crippen LogP contribution in [0, 0.1) is 0 Å². The number of guanidine groups is 1. The number of nitrogens with two attached hydrogens (primary N) is 2. The van der Waals surface area contributed by atoms with Crippen molar-refractivity contribution < 1.29 is 4.79 Å². The molecule has 0 saturated carbocycles. The van der Waals surface area contributed by atoms with E-state index in [9.17, 15) is 4.79 Å². The Morgan fingerprint density at radius 1 is 1.22 bits per heavy atom. The minimum absolute atomic E-state index is 0.0592. The standard InChI is InChI=1S/C19H21Cl2N5O/c20-14-9-12(10-15(21)17(14)22)11-24-19(23)25-18(27)16-7-4-8-26(16)13-5-2-1-3-6-13/h1-3,5-6,9-10,16H,4,7-8,11,22H2,(H3,23,24,25,27)/t16-/m0/s1. The van der Waals surface area contributed by atoms with E-state index in [-0.39, 0.29) is 17.9 Å². The number of halogens is 2. The predicted molar refractivity (Wildman–Crippen MR) is 111 cm³/mol. The van der Waals surface area contributed by atoms with E-state index in [1.54, 1.807) is 12.1 Å². The van der Waals surface area contributed by atoms with E-state index in [1.807, 2.05) is 30.3 Å². The first-order chi connectivity index (χ1) is 13.0. The molecule has 0 spiro atoms. The second-order valence-corrected chi connectivity index (χ2v) is 7.16. The van der Waals surface area contributed by atoms with Crippen LogP contribution in [-0.4, -0.2) is 24.5 Å². The number of carbonyl (C=O) groups is 1. The number of nitrogens with one attached hydrogen (secondary N) is 1. The van der Waals surface area contributed by atoms with E-state index < -0.39 is 0 Å². The summed E-state index contributed by atoms with van der Waals surface area (Å²) >= 11 is 12.0. The first-order valence-electron chi connectivity index (χ1n) is 8.62. The van der Waals surface area contributed by atoms with E-state index >= 15 is 0 Å². The minimum atomic E-state index is -0.298. The van der Waals surface area contributed by atoms with E-state index in [0.29, 0.717) is 22.3 Å². The quantitative estimate of drug-likeness (QED) is 0.412. The first-order valence-corrected chi connectivity index (χ1v) is 9.38. The molecule has 1 saturated heterocycles. The first kappa shape index (κ1) is 19.3. The summed E-state index contributed by atoms with van der Waals surface area (Å²) in [6, 6.07) is 12.9. The maximum atomic E-state index is 12.6. The maximum absolute atomic E-state index is 12.6. The van der Waals surface area contributed by atoms with Crippen molar-refractivity contribution in [1.29, 1.82) is 0 Å². The molecule has 0 unspecified atom stereocenters. The summed E-state index contributed by atoms with van der Waals surface area (Å²) in [5, 5.41) is 3.65. The van der Waals surface area contributed by atoms with Crippen LogP contribution in [0.3, 0.4) is 0 Å². The number of amides is 1. The van der Waals surface area contributed by atoms with Crippen molar-refractivity contribution in [3.63, 3.8) is 0 Å². The summed E-state index contributed by atoms with van der Waals surface area (Å²) in [6.07, 6.45) is 1.70. The molecule has 0 aliphatic carbocycles. The molecule has 1 heterocycles. The largest absolute Gasteiger partial charge is 0.396 e. The maximum Gasteiger partial charge on any atom is 0.271 e. The van der Waals surface area contributed by atoms with Crippen LogP contribution in [-0.2, 0) is 11.3 Å². The van der Waals surface area contributed by atoms with E-state index in [0.717, 1.165) is 30.6 Å². The Bertz CT molecular complexity index is 833. The molecule has 142 valence electrons. The van der Waals surface area contributed by atoms with Crippen molar-refractivity contribution in [3.05, 3.63) is 58.1 Å². The van der Waals surface area contributed by atoms with Crippen LogP contribution in [0.1, 0.15) is 18.4 Å². The highest BCUT2D eigenvalue weighted by Crippen LogP contribution is 2.29. The van der Waals surface area contributed by atoms with Crippen LogP contribution < -0.4 is 21.7 Å². The average Bonchev–Trinajstić information content (AvgIpc) is 3.15. The molecule has 27 heavy (non-hydrogen) atoms. The van der Waals surface area contributed by atoms with Gasteiger partial charge in [-0.25, -0.2) is 0 Å². The molecular formula is C19H21Cl2N5O. The molecular weight excluding hydrogens is 385 g/mol. The lowest BCUT2D eigenvalue weighted by molar-refractivity contribution is -0.118. The van der Waals surface area contributed by atoms with Crippen molar-refractivity contribution in [1.82, 2.24) is 5.32 Å². The zero-order chi connectivity index (χ0) is 19.4. The second-order valence-electron chi connectivity index (χ2n) is 6.35. The SMILES string of the molecule is N/C(=N/C(=O)[C@@H]1CCCN1c1ccccc1)NCc1cc(Cl)c(N)c(Cl)c1. The number of rotatable bonds is 4. The third-order valence-corrected chi connectivity index (χ3v) is 5.09. The van der Waals surface area contributed by atoms with Gasteiger partial charge in [-0.1, -0.05) is 41.4 Å². The van der Waals surface area contributed by atoms with Crippen LogP contribution in [0.15, 0.2) is 47.5 Å². The van der Waals surface area contributed by atoms with Crippen LogP contribution in [0.2, 0.25) is 10.0 Å². The highest BCUT2D eigenvalue weighted by atomic mass is 35.5. The topological polar surface area (TPSA) is 96.7 Å². The Balaban J connectivity index is 1.64. The molecule has 1 amide bonds. The lowest BCUT2D eigenvalue weighted by Gasteiger charge is -2.24.